The van der Waals surface area contributed by atoms with Crippen LogP contribution in [-0.4, -0.2) is 43.8 Å². The zero-order valence-electron chi connectivity index (χ0n) is 22.8. The van der Waals surface area contributed by atoms with E-state index < -0.39 is 34.3 Å². The molecule has 3 aromatic rings. The maximum atomic E-state index is 14.0. The molecule has 2 amide bonds. The van der Waals surface area contributed by atoms with Crippen molar-refractivity contribution in [1.82, 2.24) is 10.2 Å². The molecule has 0 unspecified atom stereocenters. The summed E-state index contributed by atoms with van der Waals surface area (Å²) in [5.41, 5.74) is 0.574. The predicted molar refractivity (Wildman–Crippen MR) is 161 cm³/mol. The number of rotatable bonds is 12. The van der Waals surface area contributed by atoms with Crippen LogP contribution in [0.5, 0.6) is 0 Å². The van der Waals surface area contributed by atoms with Gasteiger partial charge in [0, 0.05) is 12.6 Å². The van der Waals surface area contributed by atoms with Crippen molar-refractivity contribution in [3.8, 4) is 0 Å². The monoisotopic (exact) mass is 641 g/mol. The van der Waals surface area contributed by atoms with E-state index in [1.54, 1.807) is 43.3 Å². The molecule has 3 rings (SSSR count). The van der Waals surface area contributed by atoms with Gasteiger partial charge in [-0.3, -0.25) is 13.9 Å². The van der Waals surface area contributed by atoms with Gasteiger partial charge in [0.2, 0.25) is 11.8 Å². The quantitative estimate of drug-likeness (QED) is 0.238. The molecule has 0 aromatic heterocycles. The Hall–Kier alpha value is -2.85. The summed E-state index contributed by atoms with van der Waals surface area (Å²) in [6, 6.07) is 14.7. The summed E-state index contributed by atoms with van der Waals surface area (Å²) in [5, 5.41) is 3.19. The molecule has 0 spiro atoms. The second-order valence-corrected chi connectivity index (χ2v) is 12.5. The third-order valence-corrected chi connectivity index (χ3v) is 9.34. The van der Waals surface area contributed by atoms with Crippen molar-refractivity contribution in [1.29, 1.82) is 0 Å². The van der Waals surface area contributed by atoms with Gasteiger partial charge < -0.3 is 10.2 Å². The summed E-state index contributed by atoms with van der Waals surface area (Å²) in [4.78, 5) is 28.6. The van der Waals surface area contributed by atoms with E-state index in [-0.39, 0.29) is 45.5 Å². The van der Waals surface area contributed by atoms with Gasteiger partial charge in [0.1, 0.15) is 18.4 Å². The number of carbonyl (C=O) groups is 2. The second kappa shape index (κ2) is 14.4. The molecule has 3 aromatic carbocycles. The number of sulfonamides is 1. The Labute approximate surface area is 255 Å². The maximum absolute atomic E-state index is 14.0. The highest BCUT2D eigenvalue weighted by molar-refractivity contribution is 7.92. The minimum Gasteiger partial charge on any atom is -0.352 e. The Bertz CT molecular complexity index is 1490. The van der Waals surface area contributed by atoms with Crippen LogP contribution in [0, 0.1) is 5.82 Å². The van der Waals surface area contributed by atoms with Gasteiger partial charge in [-0.15, -0.1) is 0 Å². The van der Waals surface area contributed by atoms with Crippen molar-refractivity contribution >= 4 is 62.3 Å². The van der Waals surface area contributed by atoms with Gasteiger partial charge in [-0.25, -0.2) is 12.8 Å². The molecule has 12 heteroatoms. The summed E-state index contributed by atoms with van der Waals surface area (Å²) >= 11 is 18.3. The van der Waals surface area contributed by atoms with Gasteiger partial charge in [0.05, 0.1) is 25.7 Å². The molecule has 0 bridgehead atoms. The van der Waals surface area contributed by atoms with Crippen LogP contribution < -0.4 is 9.62 Å². The fraction of sp³-hybridized carbons (Fsp3) is 0.310. The average molecular weight is 643 g/mol. The summed E-state index contributed by atoms with van der Waals surface area (Å²) in [5.74, 6) is -1.78. The minimum absolute atomic E-state index is 0.0137. The molecule has 0 aliphatic carbocycles. The van der Waals surface area contributed by atoms with Crippen LogP contribution in [-0.2, 0) is 26.2 Å². The van der Waals surface area contributed by atoms with Crippen LogP contribution in [0.4, 0.5) is 10.1 Å². The lowest BCUT2D eigenvalue weighted by atomic mass is 10.1. The molecular weight excluding hydrogens is 612 g/mol. The fourth-order valence-electron chi connectivity index (χ4n) is 4.08. The van der Waals surface area contributed by atoms with Gasteiger partial charge >= 0.3 is 0 Å². The third-order valence-electron chi connectivity index (χ3n) is 6.53. The lowest BCUT2D eigenvalue weighted by molar-refractivity contribution is -0.140. The van der Waals surface area contributed by atoms with E-state index in [4.69, 9.17) is 34.8 Å². The highest BCUT2D eigenvalue weighted by Crippen LogP contribution is 2.29. The van der Waals surface area contributed by atoms with Crippen molar-refractivity contribution in [2.75, 3.05) is 10.8 Å². The number of nitrogens with one attached hydrogen (secondary N) is 1. The number of anilines is 1. The number of hydrogen-bond donors (Lipinski definition) is 1. The van der Waals surface area contributed by atoms with E-state index >= 15 is 0 Å². The van der Waals surface area contributed by atoms with Crippen molar-refractivity contribution in [3.63, 3.8) is 0 Å². The molecule has 220 valence electrons. The van der Waals surface area contributed by atoms with Gasteiger partial charge in [-0.05, 0) is 67.8 Å². The van der Waals surface area contributed by atoms with Gasteiger partial charge in [0.15, 0.2) is 0 Å². The molecule has 0 fully saturated rings. The SMILES string of the molecule is CC[C@@H](C)NC(=O)[C@@H](CC)N(Cc1ccc(Cl)c(Cl)c1)C(=O)CN(c1ccc(F)c(Cl)c1)S(=O)(=O)c1ccccc1. The van der Waals surface area contributed by atoms with Crippen LogP contribution in [0.3, 0.4) is 0 Å². The first-order valence-electron chi connectivity index (χ1n) is 13.0. The lowest BCUT2D eigenvalue weighted by Gasteiger charge is -2.33. The second-order valence-electron chi connectivity index (χ2n) is 9.44. The summed E-state index contributed by atoms with van der Waals surface area (Å²) in [6.45, 7) is 4.79. The zero-order valence-corrected chi connectivity index (χ0v) is 25.9. The van der Waals surface area contributed by atoms with Crippen molar-refractivity contribution in [3.05, 3.63) is 93.2 Å². The summed E-state index contributed by atoms with van der Waals surface area (Å²) in [6.07, 6.45) is 0.931. The van der Waals surface area contributed by atoms with Gasteiger partial charge in [0.25, 0.3) is 10.0 Å². The van der Waals surface area contributed by atoms with E-state index in [2.05, 4.69) is 5.32 Å². The molecular formula is C29H31Cl3FN3O4S. The topological polar surface area (TPSA) is 86.8 Å². The molecule has 0 saturated carbocycles. The van der Waals surface area contributed by atoms with Crippen molar-refractivity contribution < 1.29 is 22.4 Å². The molecule has 0 aliphatic heterocycles. The Balaban J connectivity index is 2.09. The molecule has 0 aliphatic rings. The minimum atomic E-state index is -4.31. The van der Waals surface area contributed by atoms with Crippen LogP contribution in [0.15, 0.2) is 71.6 Å². The van der Waals surface area contributed by atoms with Gasteiger partial charge in [-0.1, -0.05) is 72.9 Å². The molecule has 41 heavy (non-hydrogen) atoms. The average Bonchev–Trinajstić information content (AvgIpc) is 2.95. The summed E-state index contributed by atoms with van der Waals surface area (Å²) < 4.78 is 42.5. The number of hydrogen-bond acceptors (Lipinski definition) is 4. The predicted octanol–water partition coefficient (Wildman–Crippen LogP) is 6.70. The Morgan fingerprint density at radius 2 is 1.59 bits per heavy atom. The van der Waals surface area contributed by atoms with E-state index in [0.717, 1.165) is 16.4 Å². The van der Waals surface area contributed by atoms with Crippen molar-refractivity contribution in [2.45, 2.75) is 57.1 Å². The number of amides is 2. The van der Waals surface area contributed by atoms with Gasteiger partial charge in [-0.2, -0.15) is 0 Å². The fourth-order valence-corrected chi connectivity index (χ4v) is 6.01. The molecule has 7 nitrogen and oxygen atoms in total. The first-order valence-corrected chi connectivity index (χ1v) is 15.5. The Morgan fingerprint density at radius 3 is 2.17 bits per heavy atom. The van der Waals surface area contributed by atoms with E-state index in [1.165, 1.54) is 23.1 Å². The molecule has 1 N–H and O–H groups in total. The van der Waals surface area contributed by atoms with Crippen LogP contribution in [0.2, 0.25) is 15.1 Å². The van der Waals surface area contributed by atoms with E-state index in [0.29, 0.717) is 17.0 Å². The number of nitrogens with zero attached hydrogens (tertiary/aromatic N) is 2. The zero-order chi connectivity index (χ0) is 30.3. The first-order chi connectivity index (χ1) is 19.4. The van der Waals surface area contributed by atoms with Crippen LogP contribution in [0.1, 0.15) is 39.2 Å². The molecule has 2 atom stereocenters. The Kier molecular flexibility index (Phi) is 11.4. The molecule has 0 saturated heterocycles. The standard InChI is InChI=1S/C29H31Cl3FN3O4S/c1-4-19(3)34-29(38)27(5-2)35(17-20-11-13-23(30)24(31)15-20)28(37)18-36(21-12-14-26(33)25(32)16-21)41(39,40)22-9-7-6-8-10-22/h6-16,19,27H,4-5,17-18H2,1-3H3,(H,34,38)/t19-,27-/m1/s1. The highest BCUT2D eigenvalue weighted by Gasteiger charge is 2.34. The highest BCUT2D eigenvalue weighted by atomic mass is 35.5. The number of carbonyl (C=O) groups excluding carboxylic acids is 2. The van der Waals surface area contributed by atoms with Crippen molar-refractivity contribution in [2.24, 2.45) is 0 Å². The van der Waals surface area contributed by atoms with Crippen LogP contribution >= 0.6 is 34.8 Å². The van der Waals surface area contributed by atoms with Crippen LogP contribution in [0.25, 0.3) is 0 Å². The molecule has 0 radical (unpaired) electrons. The number of benzene rings is 3. The lowest BCUT2D eigenvalue weighted by Crippen LogP contribution is -2.53. The third kappa shape index (κ3) is 8.13. The largest absolute Gasteiger partial charge is 0.352 e. The number of halogens is 4. The maximum Gasteiger partial charge on any atom is 0.264 e. The Morgan fingerprint density at radius 1 is 0.902 bits per heavy atom. The van der Waals surface area contributed by atoms with E-state index in [1.807, 2.05) is 13.8 Å². The first kappa shape index (κ1) is 32.7. The normalized spacial score (nSPS) is 12.9. The molecule has 0 heterocycles. The smallest absolute Gasteiger partial charge is 0.264 e. The summed E-state index contributed by atoms with van der Waals surface area (Å²) in [7, 11) is -4.31. The van der Waals surface area contributed by atoms with E-state index in [9.17, 15) is 22.4 Å².